The van der Waals surface area contributed by atoms with Gasteiger partial charge in [-0.3, -0.25) is 4.79 Å². The van der Waals surface area contributed by atoms with Gasteiger partial charge in [0.1, 0.15) is 5.69 Å². The predicted octanol–water partition coefficient (Wildman–Crippen LogP) is 1.76. The molecule has 21 heavy (non-hydrogen) atoms. The van der Waals surface area contributed by atoms with Crippen molar-refractivity contribution in [2.24, 2.45) is 0 Å². The molecule has 0 aliphatic rings. The molecular weight excluding hydrogens is 270 g/mol. The van der Waals surface area contributed by atoms with Crippen LogP contribution in [0, 0.1) is 11.3 Å². The van der Waals surface area contributed by atoms with E-state index in [0.29, 0.717) is 37.4 Å². The zero-order valence-corrected chi connectivity index (χ0v) is 11.9. The number of hydrogen-bond acceptors (Lipinski definition) is 5. The lowest BCUT2D eigenvalue weighted by molar-refractivity contribution is -0.131. The Kier molecular flexibility index (Phi) is 5.29. The molecule has 0 atom stereocenters. The first-order valence-corrected chi connectivity index (χ1v) is 6.73. The lowest BCUT2D eigenvalue weighted by Crippen LogP contribution is -2.35. The third-order valence-corrected chi connectivity index (χ3v) is 3.18. The molecule has 6 heteroatoms. The minimum atomic E-state index is -0.0821. The van der Waals surface area contributed by atoms with Crippen LogP contribution in [0.25, 0.3) is 11.0 Å². The van der Waals surface area contributed by atoms with E-state index in [1.165, 1.54) is 0 Å². The Morgan fingerprint density at radius 3 is 3.00 bits per heavy atom. The van der Waals surface area contributed by atoms with Crippen LogP contribution in [0.1, 0.15) is 12.1 Å². The highest BCUT2D eigenvalue weighted by Gasteiger charge is 2.17. The highest BCUT2D eigenvalue weighted by atomic mass is 16.5. The third-order valence-electron chi connectivity index (χ3n) is 3.18. The molecule has 0 N–H and O–H groups in total. The molecule has 0 saturated heterocycles. The van der Waals surface area contributed by atoms with E-state index in [1.54, 1.807) is 12.0 Å². The van der Waals surface area contributed by atoms with Crippen LogP contribution in [0.2, 0.25) is 0 Å². The number of aromatic nitrogens is 1. The maximum Gasteiger partial charge on any atom is 0.228 e. The van der Waals surface area contributed by atoms with Crippen molar-refractivity contribution in [1.82, 2.24) is 10.1 Å². The van der Waals surface area contributed by atoms with Crippen molar-refractivity contribution in [3.63, 3.8) is 0 Å². The smallest absolute Gasteiger partial charge is 0.228 e. The standard InChI is InChI=1S/C15H17N3O3/c1-20-10-9-18(8-4-7-16)15(19)11-13-12-5-2-3-6-14(12)21-17-13/h2-3,5-6H,4,8-11H2,1H3. The van der Waals surface area contributed by atoms with Gasteiger partial charge in [0.25, 0.3) is 0 Å². The second-order valence-electron chi connectivity index (χ2n) is 4.58. The second-order valence-corrected chi connectivity index (χ2v) is 4.58. The minimum Gasteiger partial charge on any atom is -0.383 e. The summed E-state index contributed by atoms with van der Waals surface area (Å²) in [6.45, 7) is 1.30. The fourth-order valence-corrected chi connectivity index (χ4v) is 2.07. The van der Waals surface area contributed by atoms with Crippen LogP contribution in [0.5, 0.6) is 0 Å². The molecule has 0 saturated carbocycles. The van der Waals surface area contributed by atoms with E-state index in [9.17, 15) is 4.79 Å². The summed E-state index contributed by atoms with van der Waals surface area (Å²) in [7, 11) is 1.58. The quantitative estimate of drug-likeness (QED) is 0.775. The summed E-state index contributed by atoms with van der Waals surface area (Å²) in [6.07, 6.45) is 0.459. The highest BCUT2D eigenvalue weighted by molar-refractivity contribution is 5.86. The van der Waals surface area contributed by atoms with E-state index in [2.05, 4.69) is 5.16 Å². The number of hydrogen-bond donors (Lipinski definition) is 0. The summed E-state index contributed by atoms with van der Waals surface area (Å²) in [5.74, 6) is -0.0821. The van der Waals surface area contributed by atoms with Gasteiger partial charge < -0.3 is 14.2 Å². The van der Waals surface area contributed by atoms with Crippen LogP contribution >= 0.6 is 0 Å². The predicted molar refractivity (Wildman–Crippen MR) is 76.4 cm³/mol. The molecule has 110 valence electrons. The molecule has 1 heterocycles. The Labute approximate surface area is 122 Å². The first kappa shape index (κ1) is 15.0. The van der Waals surface area contributed by atoms with Gasteiger partial charge in [0.2, 0.25) is 5.91 Å². The van der Waals surface area contributed by atoms with Gasteiger partial charge in [-0.15, -0.1) is 0 Å². The van der Waals surface area contributed by atoms with Gasteiger partial charge in [-0.2, -0.15) is 5.26 Å². The van der Waals surface area contributed by atoms with Crippen molar-refractivity contribution in [2.45, 2.75) is 12.8 Å². The van der Waals surface area contributed by atoms with Gasteiger partial charge in [0.15, 0.2) is 5.58 Å². The Morgan fingerprint density at radius 2 is 2.24 bits per heavy atom. The van der Waals surface area contributed by atoms with E-state index in [0.717, 1.165) is 5.39 Å². The molecule has 0 spiro atoms. The third kappa shape index (κ3) is 3.80. The topological polar surface area (TPSA) is 79.4 Å². The molecule has 1 aromatic heterocycles. The number of nitriles is 1. The summed E-state index contributed by atoms with van der Waals surface area (Å²) in [4.78, 5) is 14.0. The summed E-state index contributed by atoms with van der Waals surface area (Å²) >= 11 is 0. The fraction of sp³-hybridized carbons (Fsp3) is 0.400. The largest absolute Gasteiger partial charge is 0.383 e. The number of carbonyl (C=O) groups excluding carboxylic acids is 1. The molecule has 1 amide bonds. The zero-order valence-electron chi connectivity index (χ0n) is 11.9. The molecule has 6 nitrogen and oxygen atoms in total. The Hall–Kier alpha value is -2.39. The summed E-state index contributed by atoms with van der Waals surface area (Å²) in [6, 6.07) is 9.48. The van der Waals surface area contributed by atoms with Crippen LogP contribution in [-0.4, -0.2) is 42.8 Å². The number of nitrogens with zero attached hydrogens (tertiary/aromatic N) is 3. The lowest BCUT2D eigenvalue weighted by atomic mass is 10.1. The maximum absolute atomic E-state index is 12.3. The Balaban J connectivity index is 2.08. The van der Waals surface area contributed by atoms with E-state index in [-0.39, 0.29) is 12.3 Å². The van der Waals surface area contributed by atoms with Crippen molar-refractivity contribution in [2.75, 3.05) is 26.8 Å². The molecular formula is C15H17N3O3. The monoisotopic (exact) mass is 287 g/mol. The number of carbonyl (C=O) groups is 1. The highest BCUT2D eigenvalue weighted by Crippen LogP contribution is 2.18. The normalized spacial score (nSPS) is 10.5. The fourth-order valence-electron chi connectivity index (χ4n) is 2.07. The summed E-state index contributed by atoms with van der Waals surface area (Å²) in [5.41, 5.74) is 1.29. The Bertz CT molecular complexity index is 645. The van der Waals surface area contributed by atoms with E-state index >= 15 is 0 Å². The van der Waals surface area contributed by atoms with Gasteiger partial charge in [-0.1, -0.05) is 17.3 Å². The molecule has 1 aromatic carbocycles. The van der Waals surface area contributed by atoms with Gasteiger partial charge in [-0.25, -0.2) is 0 Å². The summed E-state index contributed by atoms with van der Waals surface area (Å²) < 4.78 is 10.2. The van der Waals surface area contributed by atoms with Crippen molar-refractivity contribution < 1.29 is 14.1 Å². The number of rotatable bonds is 7. The number of ether oxygens (including phenoxy) is 1. The molecule has 2 aromatic rings. The lowest BCUT2D eigenvalue weighted by Gasteiger charge is -2.20. The molecule has 0 aliphatic heterocycles. The first-order chi connectivity index (χ1) is 10.3. The number of amides is 1. The number of para-hydroxylation sites is 1. The molecule has 0 fully saturated rings. The molecule has 0 radical (unpaired) electrons. The van der Waals surface area contributed by atoms with E-state index < -0.39 is 0 Å². The number of benzene rings is 1. The summed E-state index contributed by atoms with van der Waals surface area (Å²) in [5, 5.41) is 13.5. The van der Waals surface area contributed by atoms with Crippen molar-refractivity contribution in [1.29, 1.82) is 5.26 Å². The average Bonchev–Trinajstić information content (AvgIpc) is 2.91. The number of fused-ring (bicyclic) bond motifs is 1. The van der Waals surface area contributed by atoms with E-state index in [4.69, 9.17) is 14.5 Å². The molecule has 0 bridgehead atoms. The van der Waals surface area contributed by atoms with Crippen LogP contribution in [-0.2, 0) is 16.0 Å². The van der Waals surface area contributed by atoms with E-state index in [1.807, 2.05) is 30.3 Å². The average molecular weight is 287 g/mol. The molecule has 0 unspecified atom stereocenters. The number of methoxy groups -OCH3 is 1. The van der Waals surface area contributed by atoms with Gasteiger partial charge in [-0.05, 0) is 12.1 Å². The van der Waals surface area contributed by atoms with Crippen molar-refractivity contribution >= 4 is 16.9 Å². The molecule has 2 rings (SSSR count). The van der Waals surface area contributed by atoms with Gasteiger partial charge >= 0.3 is 0 Å². The maximum atomic E-state index is 12.3. The SMILES string of the molecule is COCCN(CCC#N)C(=O)Cc1noc2ccccc12. The Morgan fingerprint density at radius 1 is 1.43 bits per heavy atom. The van der Waals surface area contributed by atoms with Crippen LogP contribution in [0.4, 0.5) is 0 Å². The molecule has 0 aliphatic carbocycles. The van der Waals surface area contributed by atoms with Crippen LogP contribution in [0.3, 0.4) is 0 Å². The van der Waals surface area contributed by atoms with Crippen LogP contribution in [0.15, 0.2) is 28.8 Å². The first-order valence-electron chi connectivity index (χ1n) is 6.73. The van der Waals surface area contributed by atoms with Crippen molar-refractivity contribution in [3.8, 4) is 6.07 Å². The zero-order chi connectivity index (χ0) is 15.1. The van der Waals surface area contributed by atoms with Crippen molar-refractivity contribution in [3.05, 3.63) is 30.0 Å². The van der Waals surface area contributed by atoms with Gasteiger partial charge in [0.05, 0.1) is 25.5 Å². The minimum absolute atomic E-state index is 0.0821. The van der Waals surface area contributed by atoms with Gasteiger partial charge in [0, 0.05) is 25.6 Å². The second kappa shape index (κ2) is 7.41. The van der Waals surface area contributed by atoms with Crippen LogP contribution < -0.4 is 0 Å².